The summed E-state index contributed by atoms with van der Waals surface area (Å²) in [6.45, 7) is 1.97. The Morgan fingerprint density at radius 3 is 2.92 bits per heavy atom. The molecule has 0 saturated heterocycles. The normalized spacial score (nSPS) is 13.2. The summed E-state index contributed by atoms with van der Waals surface area (Å²) in [7, 11) is 1.77. The molecule has 0 bridgehead atoms. The third kappa shape index (κ3) is 2.59. The summed E-state index contributed by atoms with van der Waals surface area (Å²) >= 11 is 0. The van der Waals surface area contributed by atoms with Crippen molar-refractivity contribution in [3.8, 4) is 0 Å². The monoisotopic (exact) mass is 183 g/mol. The average molecular weight is 183 g/mol. The van der Waals surface area contributed by atoms with Crippen molar-refractivity contribution in [2.75, 3.05) is 13.6 Å². The Hall–Kier alpha value is -1.29. The van der Waals surface area contributed by atoms with Gasteiger partial charge in [-0.05, 0) is 20.0 Å². The van der Waals surface area contributed by atoms with Crippen LogP contribution in [0.3, 0.4) is 0 Å². The molecule has 0 aliphatic rings. The van der Waals surface area contributed by atoms with Gasteiger partial charge in [-0.2, -0.15) is 0 Å². The highest BCUT2D eigenvalue weighted by atomic mass is 16.4. The largest absolute Gasteiger partial charge is 0.480 e. The van der Waals surface area contributed by atoms with Crippen LogP contribution in [0.1, 0.15) is 18.5 Å². The Balaban J connectivity index is 2.57. The maximum absolute atomic E-state index is 10.4. The van der Waals surface area contributed by atoms with Crippen LogP contribution in [-0.4, -0.2) is 29.6 Å². The van der Waals surface area contributed by atoms with Crippen molar-refractivity contribution in [2.24, 2.45) is 0 Å². The van der Waals surface area contributed by atoms with Crippen LogP contribution in [0.4, 0.5) is 0 Å². The fraction of sp³-hybridized carbons (Fsp3) is 0.444. The molecule has 0 saturated carbocycles. The quantitative estimate of drug-likeness (QED) is 0.765. The SMILES string of the molecule is CC(c1ccoc1)N(C)CC(=O)O. The van der Waals surface area contributed by atoms with Crippen LogP contribution in [-0.2, 0) is 4.79 Å². The predicted molar refractivity (Wildman–Crippen MR) is 47.4 cm³/mol. The van der Waals surface area contributed by atoms with E-state index in [1.165, 1.54) is 0 Å². The third-order valence-electron chi connectivity index (χ3n) is 2.07. The molecule has 4 nitrogen and oxygen atoms in total. The highest BCUT2D eigenvalue weighted by molar-refractivity contribution is 5.69. The molecule has 1 rings (SSSR count). The van der Waals surface area contributed by atoms with Crippen LogP contribution in [0.25, 0.3) is 0 Å². The molecule has 0 radical (unpaired) electrons. The minimum atomic E-state index is -0.821. The van der Waals surface area contributed by atoms with Crippen molar-refractivity contribution in [3.05, 3.63) is 24.2 Å². The number of likely N-dealkylation sites (N-methyl/N-ethyl adjacent to an activating group) is 1. The average Bonchev–Trinajstić information content (AvgIpc) is 2.53. The molecule has 0 aliphatic heterocycles. The van der Waals surface area contributed by atoms with Gasteiger partial charge in [-0.3, -0.25) is 9.69 Å². The maximum atomic E-state index is 10.4. The van der Waals surface area contributed by atoms with Gasteiger partial charge in [0.2, 0.25) is 0 Å². The van der Waals surface area contributed by atoms with Crippen molar-refractivity contribution >= 4 is 5.97 Å². The fourth-order valence-corrected chi connectivity index (χ4v) is 1.12. The summed E-state index contributed by atoms with van der Waals surface area (Å²) in [5, 5.41) is 8.57. The molecular formula is C9H13NO3. The van der Waals surface area contributed by atoms with E-state index in [0.29, 0.717) is 0 Å². The first kappa shape index (κ1) is 9.80. The molecule has 13 heavy (non-hydrogen) atoms. The number of hydrogen-bond donors (Lipinski definition) is 1. The van der Waals surface area contributed by atoms with E-state index in [1.807, 2.05) is 13.0 Å². The zero-order valence-electron chi connectivity index (χ0n) is 7.73. The van der Waals surface area contributed by atoms with Gasteiger partial charge in [-0.1, -0.05) is 0 Å². The number of carbonyl (C=O) groups is 1. The lowest BCUT2D eigenvalue weighted by Gasteiger charge is -2.21. The molecule has 0 aliphatic carbocycles. The van der Waals surface area contributed by atoms with Gasteiger partial charge >= 0.3 is 5.97 Å². The third-order valence-corrected chi connectivity index (χ3v) is 2.07. The fourth-order valence-electron chi connectivity index (χ4n) is 1.12. The molecule has 0 amide bonds. The van der Waals surface area contributed by atoms with Crippen LogP contribution in [0.2, 0.25) is 0 Å². The maximum Gasteiger partial charge on any atom is 0.317 e. The molecule has 0 aromatic carbocycles. The van der Waals surface area contributed by atoms with E-state index < -0.39 is 5.97 Å². The molecule has 1 aromatic rings. The summed E-state index contributed by atoms with van der Waals surface area (Å²) in [4.78, 5) is 12.2. The summed E-state index contributed by atoms with van der Waals surface area (Å²) in [5.74, 6) is -0.821. The molecule has 0 fully saturated rings. The molecule has 1 atom stereocenters. The highest BCUT2D eigenvalue weighted by Crippen LogP contribution is 2.17. The first-order valence-electron chi connectivity index (χ1n) is 4.05. The van der Waals surface area contributed by atoms with E-state index in [1.54, 1.807) is 24.5 Å². The zero-order valence-corrected chi connectivity index (χ0v) is 7.73. The number of hydrogen-bond acceptors (Lipinski definition) is 3. The van der Waals surface area contributed by atoms with Crippen LogP contribution < -0.4 is 0 Å². The topological polar surface area (TPSA) is 53.7 Å². The summed E-state index contributed by atoms with van der Waals surface area (Å²) in [6, 6.07) is 1.90. The molecule has 1 aromatic heterocycles. The number of carboxylic acids is 1. The van der Waals surface area contributed by atoms with Crippen molar-refractivity contribution in [2.45, 2.75) is 13.0 Å². The van der Waals surface area contributed by atoms with Crippen molar-refractivity contribution < 1.29 is 14.3 Å². The van der Waals surface area contributed by atoms with Crippen LogP contribution in [0.15, 0.2) is 23.0 Å². The first-order chi connectivity index (χ1) is 6.11. The zero-order chi connectivity index (χ0) is 9.84. The molecular weight excluding hydrogens is 170 g/mol. The lowest BCUT2D eigenvalue weighted by molar-refractivity contribution is -0.138. The minimum Gasteiger partial charge on any atom is -0.480 e. The Bertz CT molecular complexity index is 268. The van der Waals surface area contributed by atoms with E-state index in [-0.39, 0.29) is 12.6 Å². The first-order valence-corrected chi connectivity index (χ1v) is 4.05. The Labute approximate surface area is 76.8 Å². The molecule has 1 unspecified atom stereocenters. The Kier molecular flexibility index (Phi) is 3.08. The van der Waals surface area contributed by atoms with E-state index >= 15 is 0 Å². The smallest absolute Gasteiger partial charge is 0.317 e. The molecule has 1 N–H and O–H groups in total. The highest BCUT2D eigenvalue weighted by Gasteiger charge is 2.14. The Morgan fingerprint density at radius 1 is 1.77 bits per heavy atom. The molecule has 72 valence electrons. The van der Waals surface area contributed by atoms with Gasteiger partial charge in [0.15, 0.2) is 0 Å². The van der Waals surface area contributed by atoms with Gasteiger partial charge < -0.3 is 9.52 Å². The second-order valence-corrected chi connectivity index (χ2v) is 3.04. The summed E-state index contributed by atoms with van der Waals surface area (Å²) < 4.78 is 4.92. The van der Waals surface area contributed by atoms with Crippen molar-refractivity contribution in [1.29, 1.82) is 0 Å². The Morgan fingerprint density at radius 2 is 2.46 bits per heavy atom. The van der Waals surface area contributed by atoms with Gasteiger partial charge in [0.05, 0.1) is 19.1 Å². The summed E-state index contributed by atoms with van der Waals surface area (Å²) in [6.07, 6.45) is 3.21. The lowest BCUT2D eigenvalue weighted by Crippen LogP contribution is -2.28. The van der Waals surface area contributed by atoms with Gasteiger partial charge in [-0.25, -0.2) is 0 Å². The standard InChI is InChI=1S/C9H13NO3/c1-7(8-3-4-13-6-8)10(2)5-9(11)12/h3-4,6-7H,5H2,1-2H3,(H,11,12). The predicted octanol–water partition coefficient (Wildman–Crippen LogP) is 1.36. The van der Waals surface area contributed by atoms with Gasteiger partial charge in [0.1, 0.15) is 0 Å². The van der Waals surface area contributed by atoms with Gasteiger partial charge in [-0.15, -0.1) is 0 Å². The molecule has 1 heterocycles. The molecule has 0 spiro atoms. The minimum absolute atomic E-state index is 0.0341. The van der Waals surface area contributed by atoms with Crippen molar-refractivity contribution in [1.82, 2.24) is 4.90 Å². The van der Waals surface area contributed by atoms with E-state index in [9.17, 15) is 4.79 Å². The number of aliphatic carboxylic acids is 1. The molecule has 4 heteroatoms. The number of furan rings is 1. The number of rotatable bonds is 4. The van der Waals surface area contributed by atoms with E-state index in [4.69, 9.17) is 9.52 Å². The summed E-state index contributed by atoms with van der Waals surface area (Å²) in [5.41, 5.74) is 0.990. The van der Waals surface area contributed by atoms with Crippen molar-refractivity contribution in [3.63, 3.8) is 0 Å². The van der Waals surface area contributed by atoms with Crippen LogP contribution in [0, 0.1) is 0 Å². The van der Waals surface area contributed by atoms with E-state index in [2.05, 4.69) is 0 Å². The number of carboxylic acid groups (broad SMARTS) is 1. The van der Waals surface area contributed by atoms with Gasteiger partial charge in [0.25, 0.3) is 0 Å². The second-order valence-electron chi connectivity index (χ2n) is 3.04. The lowest BCUT2D eigenvalue weighted by atomic mass is 10.1. The number of nitrogens with zero attached hydrogens (tertiary/aromatic N) is 1. The van der Waals surface area contributed by atoms with E-state index in [0.717, 1.165) is 5.56 Å². The second kappa shape index (κ2) is 4.09. The van der Waals surface area contributed by atoms with Gasteiger partial charge in [0, 0.05) is 11.6 Å². The van der Waals surface area contributed by atoms with Crippen LogP contribution >= 0.6 is 0 Å². The van der Waals surface area contributed by atoms with Crippen LogP contribution in [0.5, 0.6) is 0 Å².